The number of alkyl carbamates (subject to hydrolysis) is 1. The Morgan fingerprint density at radius 2 is 1.46 bits per heavy atom. The van der Waals surface area contributed by atoms with Crippen LogP contribution in [0.1, 0.15) is 65.3 Å². The molecule has 1 aliphatic rings. The van der Waals surface area contributed by atoms with Crippen LogP contribution in [0.3, 0.4) is 0 Å². The topological polar surface area (TPSA) is 122 Å². The minimum atomic E-state index is -1.20. The smallest absolute Gasteiger partial charge is 0.407 e. The van der Waals surface area contributed by atoms with Crippen LogP contribution < -0.4 is 5.32 Å². The molecule has 3 aromatic rings. The van der Waals surface area contributed by atoms with Gasteiger partial charge in [-0.3, -0.25) is 9.59 Å². The summed E-state index contributed by atoms with van der Waals surface area (Å²) in [5.41, 5.74) is 5.38. The molecule has 39 heavy (non-hydrogen) atoms. The number of hydrogen-bond donors (Lipinski definition) is 3. The molecule has 3 aromatic carbocycles. The van der Waals surface area contributed by atoms with E-state index in [2.05, 4.69) is 17.4 Å². The lowest BCUT2D eigenvalue weighted by molar-refractivity contribution is -0.143. The number of esters is 1. The zero-order chi connectivity index (χ0) is 27.8. The summed E-state index contributed by atoms with van der Waals surface area (Å²) in [5.74, 6) is -0.680. The molecule has 3 N–H and O–H groups in total. The quantitative estimate of drug-likeness (QED) is 0.232. The molecule has 0 spiro atoms. The lowest BCUT2D eigenvalue weighted by Gasteiger charge is -2.19. The Hall–Kier alpha value is -4.01. The van der Waals surface area contributed by atoms with Crippen LogP contribution in [0.25, 0.3) is 11.1 Å². The number of ether oxygens (including phenoxy) is 2. The number of carbonyl (C=O) groups is 3. The van der Waals surface area contributed by atoms with Crippen molar-refractivity contribution >= 4 is 17.8 Å². The van der Waals surface area contributed by atoms with Gasteiger partial charge >= 0.3 is 12.1 Å². The Kier molecular flexibility index (Phi) is 9.46. The summed E-state index contributed by atoms with van der Waals surface area (Å²) in [7, 11) is 0. The maximum Gasteiger partial charge on any atom is 0.407 e. The summed E-state index contributed by atoms with van der Waals surface area (Å²) in [6, 6.07) is 22.4. The number of aliphatic hydroxyl groups excluding tert-OH is 2. The minimum absolute atomic E-state index is 0.00639. The average Bonchev–Trinajstić information content (AvgIpc) is 3.28. The van der Waals surface area contributed by atoms with Gasteiger partial charge in [-0.2, -0.15) is 0 Å². The zero-order valence-electron chi connectivity index (χ0n) is 21.8. The summed E-state index contributed by atoms with van der Waals surface area (Å²) >= 11 is 0. The third-order valence-corrected chi connectivity index (χ3v) is 6.85. The molecular weight excluding hydrogens is 498 g/mol. The number of fused-ring (bicyclic) bond motifs is 3. The van der Waals surface area contributed by atoms with Crippen molar-refractivity contribution in [2.45, 2.75) is 44.3 Å². The van der Waals surface area contributed by atoms with E-state index in [-0.39, 0.29) is 50.7 Å². The highest BCUT2D eigenvalue weighted by atomic mass is 16.5. The van der Waals surface area contributed by atoms with Gasteiger partial charge in [0.25, 0.3) is 0 Å². The molecule has 0 aliphatic heterocycles. The fourth-order valence-electron chi connectivity index (χ4n) is 4.81. The first-order valence-electron chi connectivity index (χ1n) is 13.1. The van der Waals surface area contributed by atoms with Crippen molar-refractivity contribution < 1.29 is 34.1 Å². The summed E-state index contributed by atoms with van der Waals surface area (Å²) < 4.78 is 10.3. The molecule has 0 saturated heterocycles. The number of nitrogens with one attached hydrogen (secondary N) is 1. The Labute approximate surface area is 227 Å². The molecule has 2 atom stereocenters. The molecule has 0 bridgehead atoms. The Morgan fingerprint density at radius 3 is 2.08 bits per heavy atom. The van der Waals surface area contributed by atoms with Gasteiger partial charge in [0, 0.05) is 24.4 Å². The molecule has 1 amide bonds. The highest BCUT2D eigenvalue weighted by Crippen LogP contribution is 2.44. The molecule has 0 saturated carbocycles. The van der Waals surface area contributed by atoms with E-state index < -0.39 is 24.3 Å². The molecule has 1 aliphatic carbocycles. The summed E-state index contributed by atoms with van der Waals surface area (Å²) in [4.78, 5) is 36.0. The van der Waals surface area contributed by atoms with Crippen LogP contribution in [0.4, 0.5) is 4.79 Å². The van der Waals surface area contributed by atoms with Crippen LogP contribution in [-0.2, 0) is 14.3 Å². The number of benzene rings is 3. The van der Waals surface area contributed by atoms with Gasteiger partial charge in [-0.15, -0.1) is 0 Å². The Balaban J connectivity index is 1.21. The SMILES string of the molecule is CCOC(=O)CCC(=O)c1ccc(C(O)C(O)CCNC(=O)OCC2c3ccccc3-c3ccccc32)cc1. The van der Waals surface area contributed by atoms with E-state index in [0.29, 0.717) is 11.1 Å². The van der Waals surface area contributed by atoms with Crippen LogP contribution >= 0.6 is 0 Å². The standard InChI is InChI=1S/C31H33NO7/c1-2-38-29(35)16-15-27(33)20-11-13-21(14-12-20)30(36)28(34)17-18-32-31(37)39-19-26-24-9-5-3-7-22(24)23-8-4-6-10-25(23)26/h3-14,26,28,30,34,36H,2,15-19H2,1H3,(H,32,37). The monoisotopic (exact) mass is 531 g/mol. The molecule has 0 radical (unpaired) electrons. The van der Waals surface area contributed by atoms with Gasteiger partial charge in [0.15, 0.2) is 5.78 Å². The number of carbonyl (C=O) groups excluding carboxylic acids is 3. The lowest BCUT2D eigenvalue weighted by Crippen LogP contribution is -2.30. The fraction of sp³-hybridized carbons (Fsp3) is 0.323. The van der Waals surface area contributed by atoms with Crippen molar-refractivity contribution in [3.63, 3.8) is 0 Å². The third kappa shape index (κ3) is 6.90. The molecule has 4 rings (SSSR count). The van der Waals surface area contributed by atoms with E-state index in [1.54, 1.807) is 31.2 Å². The van der Waals surface area contributed by atoms with Gasteiger partial charge in [-0.25, -0.2) is 4.79 Å². The summed E-state index contributed by atoms with van der Waals surface area (Å²) in [5, 5.41) is 23.6. The van der Waals surface area contributed by atoms with Crippen molar-refractivity contribution in [2.75, 3.05) is 19.8 Å². The van der Waals surface area contributed by atoms with E-state index in [4.69, 9.17) is 9.47 Å². The van der Waals surface area contributed by atoms with E-state index in [1.807, 2.05) is 36.4 Å². The zero-order valence-corrected chi connectivity index (χ0v) is 21.8. The molecule has 0 fully saturated rings. The first-order chi connectivity index (χ1) is 18.9. The second-order valence-electron chi connectivity index (χ2n) is 9.40. The predicted octanol–water partition coefficient (Wildman–Crippen LogP) is 4.54. The maximum absolute atomic E-state index is 12.3. The van der Waals surface area contributed by atoms with Crippen LogP contribution in [0.2, 0.25) is 0 Å². The first-order valence-corrected chi connectivity index (χ1v) is 13.1. The number of Topliss-reactive ketones (excluding diaryl/α,β-unsaturated/α-hetero) is 1. The highest BCUT2D eigenvalue weighted by Gasteiger charge is 2.29. The van der Waals surface area contributed by atoms with Crippen LogP contribution in [0.15, 0.2) is 72.8 Å². The predicted molar refractivity (Wildman–Crippen MR) is 145 cm³/mol. The summed E-state index contributed by atoms with van der Waals surface area (Å²) in [6.07, 6.45) is -2.78. The number of aliphatic hydroxyl groups is 2. The number of amides is 1. The van der Waals surface area contributed by atoms with Crippen molar-refractivity contribution in [1.29, 1.82) is 0 Å². The van der Waals surface area contributed by atoms with E-state index in [1.165, 1.54) is 0 Å². The maximum atomic E-state index is 12.3. The second-order valence-corrected chi connectivity index (χ2v) is 9.40. The van der Waals surface area contributed by atoms with Gasteiger partial charge in [0.1, 0.15) is 12.7 Å². The number of rotatable bonds is 12. The Bertz CT molecular complexity index is 1260. The van der Waals surface area contributed by atoms with Crippen LogP contribution in [0, 0.1) is 0 Å². The molecule has 0 aromatic heterocycles. The molecule has 8 nitrogen and oxygen atoms in total. The number of ketones is 1. The molecular formula is C31H33NO7. The van der Waals surface area contributed by atoms with Gasteiger partial charge < -0.3 is 25.0 Å². The van der Waals surface area contributed by atoms with Crippen LogP contribution in [-0.4, -0.2) is 53.9 Å². The van der Waals surface area contributed by atoms with Gasteiger partial charge in [-0.05, 0) is 41.2 Å². The van der Waals surface area contributed by atoms with Gasteiger partial charge in [0.05, 0.1) is 19.1 Å². The van der Waals surface area contributed by atoms with E-state index in [9.17, 15) is 24.6 Å². The van der Waals surface area contributed by atoms with E-state index >= 15 is 0 Å². The average molecular weight is 532 g/mol. The second kappa shape index (κ2) is 13.2. The molecule has 8 heteroatoms. The Morgan fingerprint density at radius 1 is 0.846 bits per heavy atom. The van der Waals surface area contributed by atoms with Crippen molar-refractivity contribution in [3.05, 3.63) is 95.1 Å². The van der Waals surface area contributed by atoms with Gasteiger partial charge in [-0.1, -0.05) is 72.8 Å². The fourth-order valence-corrected chi connectivity index (χ4v) is 4.81. The normalized spacial score (nSPS) is 13.6. The largest absolute Gasteiger partial charge is 0.466 e. The molecule has 204 valence electrons. The van der Waals surface area contributed by atoms with Crippen molar-refractivity contribution in [2.24, 2.45) is 0 Å². The molecule has 0 heterocycles. The highest BCUT2D eigenvalue weighted by molar-refractivity contribution is 5.97. The molecule has 2 unspecified atom stereocenters. The van der Waals surface area contributed by atoms with Crippen molar-refractivity contribution in [3.8, 4) is 11.1 Å². The summed E-state index contributed by atoms with van der Waals surface area (Å²) in [6.45, 7) is 2.27. The lowest BCUT2D eigenvalue weighted by atomic mass is 9.98. The first kappa shape index (κ1) is 28.0. The van der Waals surface area contributed by atoms with Crippen LogP contribution in [0.5, 0.6) is 0 Å². The minimum Gasteiger partial charge on any atom is -0.466 e. The van der Waals surface area contributed by atoms with E-state index in [0.717, 1.165) is 22.3 Å². The number of hydrogen-bond acceptors (Lipinski definition) is 7. The van der Waals surface area contributed by atoms with Gasteiger partial charge in [0.2, 0.25) is 0 Å². The third-order valence-electron chi connectivity index (χ3n) is 6.85. The van der Waals surface area contributed by atoms with Crippen molar-refractivity contribution in [1.82, 2.24) is 5.32 Å².